The highest BCUT2D eigenvalue weighted by molar-refractivity contribution is 5.22. The summed E-state index contributed by atoms with van der Waals surface area (Å²) in [6, 6.07) is 7.13. The molecule has 0 bridgehead atoms. The number of benzene rings is 1. The van der Waals surface area contributed by atoms with Crippen LogP contribution in [0.25, 0.3) is 0 Å². The van der Waals surface area contributed by atoms with Gasteiger partial charge in [0, 0.05) is 5.56 Å². The van der Waals surface area contributed by atoms with E-state index in [0.717, 1.165) is 6.07 Å². The maximum Gasteiger partial charge on any atom is 0.165 e. The van der Waals surface area contributed by atoms with E-state index in [1.54, 1.807) is 12.1 Å². The Balaban J connectivity index is 2.04. The second kappa shape index (κ2) is 5.55. The van der Waals surface area contributed by atoms with E-state index < -0.39 is 11.6 Å². The van der Waals surface area contributed by atoms with Crippen LogP contribution in [0.15, 0.2) is 36.5 Å². The van der Waals surface area contributed by atoms with E-state index in [-0.39, 0.29) is 18.8 Å². The molecule has 0 atom stereocenters. The van der Waals surface area contributed by atoms with Crippen molar-refractivity contribution in [2.45, 2.75) is 13.2 Å². The predicted molar refractivity (Wildman–Crippen MR) is 60.8 cm³/mol. The average molecular weight is 251 g/mol. The number of halogens is 2. The molecule has 0 saturated carbocycles. The van der Waals surface area contributed by atoms with Crippen LogP contribution < -0.4 is 4.74 Å². The van der Waals surface area contributed by atoms with Crippen molar-refractivity contribution in [2.24, 2.45) is 0 Å². The van der Waals surface area contributed by atoms with E-state index in [9.17, 15) is 8.78 Å². The van der Waals surface area contributed by atoms with Gasteiger partial charge in [-0.25, -0.2) is 8.78 Å². The Kier molecular flexibility index (Phi) is 3.84. The Morgan fingerprint density at radius 2 is 2.00 bits per heavy atom. The van der Waals surface area contributed by atoms with Crippen molar-refractivity contribution in [3.63, 3.8) is 0 Å². The molecule has 1 aromatic heterocycles. The monoisotopic (exact) mass is 251 g/mol. The molecule has 0 aliphatic rings. The van der Waals surface area contributed by atoms with Crippen molar-refractivity contribution in [3.05, 3.63) is 59.4 Å². The minimum absolute atomic E-state index is 0.0796. The van der Waals surface area contributed by atoms with E-state index in [1.807, 2.05) is 0 Å². The third-order valence-electron chi connectivity index (χ3n) is 2.39. The van der Waals surface area contributed by atoms with Crippen molar-refractivity contribution in [1.29, 1.82) is 0 Å². The maximum atomic E-state index is 13.3. The van der Waals surface area contributed by atoms with E-state index >= 15 is 0 Å². The first-order chi connectivity index (χ1) is 8.70. The van der Waals surface area contributed by atoms with Crippen LogP contribution in [0.2, 0.25) is 0 Å². The fraction of sp³-hybridized carbons (Fsp3) is 0.154. The molecule has 0 aliphatic carbocycles. The van der Waals surface area contributed by atoms with Gasteiger partial charge in [0.1, 0.15) is 12.4 Å². The van der Waals surface area contributed by atoms with Gasteiger partial charge in [0.15, 0.2) is 11.6 Å². The van der Waals surface area contributed by atoms with E-state index in [0.29, 0.717) is 11.4 Å². The highest BCUT2D eigenvalue weighted by Crippen LogP contribution is 2.15. The van der Waals surface area contributed by atoms with Crippen LogP contribution >= 0.6 is 0 Å². The predicted octanol–water partition coefficient (Wildman–Crippen LogP) is 2.43. The van der Waals surface area contributed by atoms with E-state index in [2.05, 4.69) is 4.98 Å². The Morgan fingerprint density at radius 3 is 2.67 bits per heavy atom. The minimum Gasteiger partial charge on any atom is -0.487 e. The summed E-state index contributed by atoms with van der Waals surface area (Å²) in [5.41, 5.74) is 0.653. The van der Waals surface area contributed by atoms with Gasteiger partial charge in [-0.15, -0.1) is 0 Å². The molecule has 0 radical (unpaired) electrons. The average Bonchev–Trinajstić information content (AvgIpc) is 2.41. The van der Waals surface area contributed by atoms with Crippen molar-refractivity contribution in [3.8, 4) is 5.75 Å². The first-order valence-corrected chi connectivity index (χ1v) is 5.32. The van der Waals surface area contributed by atoms with Crippen LogP contribution in [0.5, 0.6) is 5.75 Å². The van der Waals surface area contributed by atoms with Crippen molar-refractivity contribution < 1.29 is 18.6 Å². The molecule has 1 aromatic carbocycles. The number of aliphatic hydroxyl groups is 1. The summed E-state index contributed by atoms with van der Waals surface area (Å²) in [4.78, 5) is 3.91. The molecule has 2 rings (SSSR count). The Bertz CT molecular complexity index is 529. The lowest BCUT2D eigenvalue weighted by Crippen LogP contribution is -2.01. The summed E-state index contributed by atoms with van der Waals surface area (Å²) in [6.07, 6.45) is 1.42. The summed E-state index contributed by atoms with van der Waals surface area (Å²) >= 11 is 0. The molecule has 0 amide bonds. The van der Waals surface area contributed by atoms with E-state index in [1.165, 1.54) is 18.3 Å². The first kappa shape index (κ1) is 12.4. The fourth-order valence-corrected chi connectivity index (χ4v) is 1.41. The molecule has 2 aromatic rings. The molecule has 0 unspecified atom stereocenters. The highest BCUT2D eigenvalue weighted by Gasteiger charge is 2.08. The molecule has 0 spiro atoms. The zero-order valence-corrected chi connectivity index (χ0v) is 9.44. The number of rotatable bonds is 4. The van der Waals surface area contributed by atoms with Crippen LogP contribution in [0.4, 0.5) is 8.78 Å². The van der Waals surface area contributed by atoms with E-state index in [4.69, 9.17) is 9.84 Å². The molecular weight excluding hydrogens is 240 g/mol. The van der Waals surface area contributed by atoms with Gasteiger partial charge in [-0.3, -0.25) is 4.98 Å². The van der Waals surface area contributed by atoms with Crippen molar-refractivity contribution in [1.82, 2.24) is 4.98 Å². The lowest BCUT2D eigenvalue weighted by Gasteiger charge is -2.07. The first-order valence-electron chi connectivity index (χ1n) is 5.32. The molecule has 0 aliphatic heterocycles. The molecule has 3 nitrogen and oxygen atoms in total. The highest BCUT2D eigenvalue weighted by atomic mass is 19.2. The largest absolute Gasteiger partial charge is 0.487 e. The van der Waals surface area contributed by atoms with Crippen LogP contribution in [-0.4, -0.2) is 10.1 Å². The van der Waals surface area contributed by atoms with Gasteiger partial charge in [-0.2, -0.15) is 0 Å². The van der Waals surface area contributed by atoms with Gasteiger partial charge in [-0.1, -0.05) is 12.1 Å². The lowest BCUT2D eigenvalue weighted by molar-refractivity contribution is 0.274. The summed E-state index contributed by atoms with van der Waals surface area (Å²) in [5, 5.41) is 8.81. The zero-order valence-electron chi connectivity index (χ0n) is 9.44. The Labute approximate surface area is 103 Å². The number of hydrogen-bond donors (Lipinski definition) is 1. The van der Waals surface area contributed by atoms with Crippen LogP contribution in [0, 0.1) is 11.6 Å². The summed E-state index contributed by atoms with van der Waals surface area (Å²) in [5.74, 6) is -1.38. The minimum atomic E-state index is -0.905. The van der Waals surface area contributed by atoms with Gasteiger partial charge < -0.3 is 9.84 Å². The number of nitrogens with zero attached hydrogens (tertiary/aromatic N) is 1. The van der Waals surface area contributed by atoms with Gasteiger partial charge >= 0.3 is 0 Å². The van der Waals surface area contributed by atoms with Crippen LogP contribution in [0.3, 0.4) is 0 Å². The summed E-state index contributed by atoms with van der Waals surface area (Å²) in [7, 11) is 0. The van der Waals surface area contributed by atoms with Crippen LogP contribution in [-0.2, 0) is 13.2 Å². The Morgan fingerprint density at radius 1 is 1.17 bits per heavy atom. The molecule has 1 N–H and O–H groups in total. The summed E-state index contributed by atoms with van der Waals surface area (Å²) < 4.78 is 31.5. The topological polar surface area (TPSA) is 42.4 Å². The molecule has 0 saturated heterocycles. The number of pyridine rings is 1. The molecule has 1 heterocycles. The smallest absolute Gasteiger partial charge is 0.165 e. The number of hydrogen-bond acceptors (Lipinski definition) is 3. The standard InChI is InChI=1S/C13H11F2NO2/c14-12-3-1-2-9(13(12)15)8-18-11-5-4-10(7-17)16-6-11/h1-6,17H,7-8H2. The van der Waals surface area contributed by atoms with Gasteiger partial charge in [0.2, 0.25) is 0 Å². The molecule has 0 fully saturated rings. The van der Waals surface area contributed by atoms with Crippen molar-refractivity contribution in [2.75, 3.05) is 0 Å². The molecule has 94 valence electrons. The quantitative estimate of drug-likeness (QED) is 0.907. The van der Waals surface area contributed by atoms with Crippen LogP contribution in [0.1, 0.15) is 11.3 Å². The fourth-order valence-electron chi connectivity index (χ4n) is 1.41. The normalized spacial score (nSPS) is 10.4. The number of aliphatic hydroxyl groups excluding tert-OH is 1. The lowest BCUT2D eigenvalue weighted by atomic mass is 10.2. The zero-order chi connectivity index (χ0) is 13.0. The second-order valence-electron chi connectivity index (χ2n) is 3.64. The van der Waals surface area contributed by atoms with Gasteiger partial charge in [0.05, 0.1) is 18.5 Å². The third-order valence-corrected chi connectivity index (χ3v) is 2.39. The number of aromatic nitrogens is 1. The summed E-state index contributed by atoms with van der Waals surface area (Å²) in [6.45, 7) is -0.234. The van der Waals surface area contributed by atoms with Gasteiger partial charge in [-0.05, 0) is 18.2 Å². The Hall–Kier alpha value is -2.01. The molecular formula is C13H11F2NO2. The SMILES string of the molecule is OCc1ccc(OCc2cccc(F)c2F)cn1. The van der Waals surface area contributed by atoms with Gasteiger partial charge in [0.25, 0.3) is 0 Å². The second-order valence-corrected chi connectivity index (χ2v) is 3.64. The molecule has 18 heavy (non-hydrogen) atoms. The molecule has 5 heteroatoms. The number of ether oxygens (including phenoxy) is 1. The maximum absolute atomic E-state index is 13.3. The third kappa shape index (κ3) is 2.81. The van der Waals surface area contributed by atoms with Crippen molar-refractivity contribution >= 4 is 0 Å².